The molecule has 0 amide bonds. The lowest BCUT2D eigenvalue weighted by molar-refractivity contribution is -0.142. The normalized spacial score (nSPS) is 11.5. The summed E-state index contributed by atoms with van der Waals surface area (Å²) in [4.78, 5) is 35.0. The molecule has 0 aliphatic carbocycles. The van der Waals surface area contributed by atoms with Gasteiger partial charge in [-0.1, -0.05) is 26.7 Å². The second-order valence-corrected chi connectivity index (χ2v) is 6.06. The Labute approximate surface area is 122 Å². The fourth-order valence-corrected chi connectivity index (χ4v) is 2.18. The molecule has 0 aliphatic rings. The van der Waals surface area contributed by atoms with Crippen molar-refractivity contribution in [3.05, 3.63) is 0 Å². The standard InChI is InChI=1S/C16H28O4/c1-12(2)15(19)16(3,4)13(17)10-8-6-7-9-11-14(18)20-5/h12H,6-11H2,1-5H3. The summed E-state index contributed by atoms with van der Waals surface area (Å²) in [6.45, 7) is 7.08. The molecule has 0 aromatic rings. The molecule has 0 aliphatic heterocycles. The van der Waals surface area contributed by atoms with Gasteiger partial charge in [0.1, 0.15) is 11.6 Å². The first kappa shape index (κ1) is 18.8. The highest BCUT2D eigenvalue weighted by Crippen LogP contribution is 2.25. The zero-order chi connectivity index (χ0) is 15.8. The van der Waals surface area contributed by atoms with Crippen LogP contribution in [-0.2, 0) is 19.1 Å². The molecule has 0 saturated carbocycles. The van der Waals surface area contributed by atoms with Gasteiger partial charge in [-0.05, 0) is 26.7 Å². The van der Waals surface area contributed by atoms with Crippen molar-refractivity contribution < 1.29 is 19.1 Å². The van der Waals surface area contributed by atoms with E-state index in [4.69, 9.17) is 0 Å². The zero-order valence-corrected chi connectivity index (χ0v) is 13.5. The first-order chi connectivity index (χ1) is 9.23. The van der Waals surface area contributed by atoms with Gasteiger partial charge >= 0.3 is 5.97 Å². The van der Waals surface area contributed by atoms with E-state index in [2.05, 4.69) is 4.74 Å². The summed E-state index contributed by atoms with van der Waals surface area (Å²) in [5.74, 6) is -0.281. The summed E-state index contributed by atoms with van der Waals surface area (Å²) in [7, 11) is 1.38. The number of ether oxygens (including phenoxy) is 1. The number of unbranched alkanes of at least 4 members (excludes halogenated alkanes) is 3. The summed E-state index contributed by atoms with van der Waals surface area (Å²) in [6.07, 6.45) is 4.23. The van der Waals surface area contributed by atoms with Gasteiger partial charge in [0.15, 0.2) is 0 Å². The second kappa shape index (κ2) is 8.88. The van der Waals surface area contributed by atoms with Gasteiger partial charge in [-0.3, -0.25) is 14.4 Å². The monoisotopic (exact) mass is 284 g/mol. The Kier molecular flexibility index (Phi) is 8.35. The Morgan fingerprint density at radius 3 is 1.90 bits per heavy atom. The van der Waals surface area contributed by atoms with Crippen LogP contribution in [0.1, 0.15) is 66.2 Å². The van der Waals surface area contributed by atoms with E-state index >= 15 is 0 Å². The van der Waals surface area contributed by atoms with E-state index in [1.807, 2.05) is 13.8 Å². The van der Waals surface area contributed by atoms with Gasteiger partial charge in [0.05, 0.1) is 12.5 Å². The van der Waals surface area contributed by atoms with Crippen LogP contribution < -0.4 is 0 Å². The molecule has 0 spiro atoms. The van der Waals surface area contributed by atoms with E-state index in [1.54, 1.807) is 13.8 Å². The lowest BCUT2D eigenvalue weighted by Gasteiger charge is -2.23. The molecular formula is C16H28O4. The molecular weight excluding hydrogens is 256 g/mol. The molecule has 4 nitrogen and oxygen atoms in total. The van der Waals surface area contributed by atoms with Crippen LogP contribution in [-0.4, -0.2) is 24.6 Å². The highest BCUT2D eigenvalue weighted by molar-refractivity contribution is 6.06. The number of carbonyl (C=O) groups is 3. The minimum atomic E-state index is -0.875. The van der Waals surface area contributed by atoms with E-state index in [1.165, 1.54) is 7.11 Å². The van der Waals surface area contributed by atoms with Crippen molar-refractivity contribution in [1.29, 1.82) is 0 Å². The van der Waals surface area contributed by atoms with Crippen molar-refractivity contribution in [3.63, 3.8) is 0 Å². The minimum Gasteiger partial charge on any atom is -0.469 e. The molecule has 0 aromatic heterocycles. The summed E-state index contributed by atoms with van der Waals surface area (Å²) in [5, 5.41) is 0. The van der Waals surface area contributed by atoms with Crippen molar-refractivity contribution in [2.45, 2.75) is 66.2 Å². The summed E-state index contributed by atoms with van der Waals surface area (Å²) < 4.78 is 4.56. The molecule has 0 unspecified atom stereocenters. The van der Waals surface area contributed by atoms with Crippen LogP contribution in [0.2, 0.25) is 0 Å². The topological polar surface area (TPSA) is 60.4 Å². The fourth-order valence-electron chi connectivity index (χ4n) is 2.18. The summed E-state index contributed by atoms with van der Waals surface area (Å²) in [6, 6.07) is 0. The maximum absolute atomic E-state index is 12.1. The Balaban J connectivity index is 3.94. The average molecular weight is 284 g/mol. The Morgan fingerprint density at radius 2 is 1.45 bits per heavy atom. The summed E-state index contributed by atoms with van der Waals surface area (Å²) in [5.41, 5.74) is -0.875. The quantitative estimate of drug-likeness (QED) is 0.351. The zero-order valence-electron chi connectivity index (χ0n) is 13.5. The number of carbonyl (C=O) groups excluding carboxylic acids is 3. The molecule has 0 heterocycles. The fraction of sp³-hybridized carbons (Fsp3) is 0.812. The number of rotatable bonds is 10. The van der Waals surface area contributed by atoms with Gasteiger partial charge in [0, 0.05) is 18.8 Å². The van der Waals surface area contributed by atoms with Crippen LogP contribution in [0.15, 0.2) is 0 Å². The van der Waals surface area contributed by atoms with E-state index in [0.29, 0.717) is 12.8 Å². The number of hydrogen-bond acceptors (Lipinski definition) is 4. The van der Waals surface area contributed by atoms with Crippen LogP contribution in [0.25, 0.3) is 0 Å². The van der Waals surface area contributed by atoms with Crippen LogP contribution in [0.3, 0.4) is 0 Å². The Morgan fingerprint density at radius 1 is 0.950 bits per heavy atom. The SMILES string of the molecule is COC(=O)CCCCCCC(=O)C(C)(C)C(=O)C(C)C. The van der Waals surface area contributed by atoms with E-state index in [0.717, 1.165) is 25.7 Å². The average Bonchev–Trinajstić information content (AvgIpc) is 2.40. The highest BCUT2D eigenvalue weighted by atomic mass is 16.5. The number of hydrogen-bond donors (Lipinski definition) is 0. The first-order valence-electron chi connectivity index (χ1n) is 7.38. The Bertz CT molecular complexity index is 342. The van der Waals surface area contributed by atoms with Gasteiger partial charge in [0.25, 0.3) is 0 Å². The molecule has 0 N–H and O–H groups in total. The lowest BCUT2D eigenvalue weighted by atomic mass is 9.77. The third-order valence-electron chi connectivity index (χ3n) is 3.60. The molecule has 0 bridgehead atoms. The smallest absolute Gasteiger partial charge is 0.305 e. The van der Waals surface area contributed by atoms with Gasteiger partial charge in [-0.15, -0.1) is 0 Å². The van der Waals surface area contributed by atoms with Crippen molar-refractivity contribution in [3.8, 4) is 0 Å². The maximum Gasteiger partial charge on any atom is 0.305 e. The van der Waals surface area contributed by atoms with Crippen LogP contribution in [0.4, 0.5) is 0 Å². The molecule has 0 aromatic carbocycles. The van der Waals surface area contributed by atoms with Crippen molar-refractivity contribution >= 4 is 17.5 Å². The van der Waals surface area contributed by atoms with Crippen molar-refractivity contribution in [2.24, 2.45) is 11.3 Å². The predicted octanol–water partition coefficient (Wildman–Crippen LogP) is 3.32. The van der Waals surface area contributed by atoms with E-state index < -0.39 is 5.41 Å². The maximum atomic E-state index is 12.1. The molecule has 0 rings (SSSR count). The summed E-state index contributed by atoms with van der Waals surface area (Å²) >= 11 is 0. The number of Topliss-reactive ketones (excluding diaryl/α,β-unsaturated/α-hetero) is 2. The van der Waals surface area contributed by atoms with E-state index in [-0.39, 0.29) is 23.5 Å². The number of esters is 1. The highest BCUT2D eigenvalue weighted by Gasteiger charge is 2.35. The molecule has 4 heteroatoms. The largest absolute Gasteiger partial charge is 0.469 e. The van der Waals surface area contributed by atoms with Crippen LogP contribution >= 0.6 is 0 Å². The van der Waals surface area contributed by atoms with Crippen molar-refractivity contribution in [1.82, 2.24) is 0 Å². The number of ketones is 2. The van der Waals surface area contributed by atoms with Crippen LogP contribution in [0.5, 0.6) is 0 Å². The molecule has 20 heavy (non-hydrogen) atoms. The van der Waals surface area contributed by atoms with Gasteiger partial charge < -0.3 is 4.74 Å². The molecule has 116 valence electrons. The van der Waals surface area contributed by atoms with Crippen LogP contribution in [0, 0.1) is 11.3 Å². The van der Waals surface area contributed by atoms with Gasteiger partial charge in [0.2, 0.25) is 0 Å². The predicted molar refractivity (Wildman–Crippen MR) is 78.4 cm³/mol. The first-order valence-corrected chi connectivity index (χ1v) is 7.38. The molecule has 0 radical (unpaired) electrons. The minimum absolute atomic E-state index is 0.00758. The molecule has 0 atom stereocenters. The Hall–Kier alpha value is -1.19. The third kappa shape index (κ3) is 6.31. The molecule has 0 saturated heterocycles. The third-order valence-corrected chi connectivity index (χ3v) is 3.60. The van der Waals surface area contributed by atoms with E-state index in [9.17, 15) is 14.4 Å². The lowest BCUT2D eigenvalue weighted by Crippen LogP contribution is -2.36. The van der Waals surface area contributed by atoms with Gasteiger partial charge in [-0.25, -0.2) is 0 Å². The molecule has 0 fully saturated rings. The van der Waals surface area contributed by atoms with Gasteiger partial charge in [-0.2, -0.15) is 0 Å². The second-order valence-electron chi connectivity index (χ2n) is 6.06. The number of methoxy groups -OCH3 is 1. The van der Waals surface area contributed by atoms with Crippen molar-refractivity contribution in [2.75, 3.05) is 7.11 Å².